The number of fused-ring (bicyclic) bond motifs is 3. The van der Waals surface area contributed by atoms with Crippen molar-refractivity contribution in [2.45, 2.75) is 25.8 Å². The fourth-order valence-corrected chi connectivity index (χ4v) is 4.68. The van der Waals surface area contributed by atoms with Crippen LogP contribution in [0.4, 0.5) is 5.69 Å². The van der Waals surface area contributed by atoms with E-state index in [1.54, 1.807) is 11.9 Å². The number of carbonyl (C=O) groups excluding carboxylic acids is 2. The summed E-state index contributed by atoms with van der Waals surface area (Å²) in [6.45, 7) is 1.23. The monoisotopic (exact) mass is 451 g/mol. The molecule has 1 N–H and O–H groups in total. The number of carbonyl (C=O) groups is 2. The number of aromatic amines is 1. The van der Waals surface area contributed by atoms with Crippen molar-refractivity contribution in [3.05, 3.63) is 63.8 Å². The van der Waals surface area contributed by atoms with Crippen LogP contribution in [0.25, 0.3) is 10.9 Å². The Hall–Kier alpha value is -2.60. The Morgan fingerprint density at radius 3 is 2.72 bits per heavy atom. The fourth-order valence-electron chi connectivity index (χ4n) is 4.22. The molecule has 2 aliphatic rings. The predicted molar refractivity (Wildman–Crippen MR) is 117 cm³/mol. The highest BCUT2D eigenvalue weighted by atomic mass is 79.9. The van der Waals surface area contributed by atoms with Gasteiger partial charge in [0.2, 0.25) is 5.91 Å². The minimum absolute atomic E-state index is 0.0222. The predicted octanol–water partition coefficient (Wildman–Crippen LogP) is 4.50. The highest BCUT2D eigenvalue weighted by Crippen LogP contribution is 2.35. The molecule has 1 fully saturated rings. The van der Waals surface area contributed by atoms with Gasteiger partial charge in [0.05, 0.1) is 16.8 Å². The molecule has 29 heavy (non-hydrogen) atoms. The first-order valence-electron chi connectivity index (χ1n) is 9.98. The van der Waals surface area contributed by atoms with Crippen LogP contribution in [0, 0.1) is 5.92 Å². The summed E-state index contributed by atoms with van der Waals surface area (Å²) in [5.74, 6) is 0.198. The molecule has 6 heteroatoms. The van der Waals surface area contributed by atoms with Gasteiger partial charge < -0.3 is 14.8 Å². The molecule has 1 aliphatic heterocycles. The van der Waals surface area contributed by atoms with Crippen LogP contribution in [0.1, 0.15) is 34.5 Å². The maximum Gasteiger partial charge on any atom is 0.256 e. The number of halogens is 1. The van der Waals surface area contributed by atoms with Gasteiger partial charge in [-0.2, -0.15) is 0 Å². The minimum Gasteiger partial charge on any atom is -0.357 e. The number of hydrogen-bond acceptors (Lipinski definition) is 2. The van der Waals surface area contributed by atoms with Gasteiger partial charge in [-0.15, -0.1) is 0 Å². The number of nitrogens with zero attached hydrogens (tertiary/aromatic N) is 2. The van der Waals surface area contributed by atoms with Gasteiger partial charge in [-0.3, -0.25) is 9.59 Å². The Labute approximate surface area is 177 Å². The zero-order valence-corrected chi connectivity index (χ0v) is 17.8. The van der Waals surface area contributed by atoms with Crippen molar-refractivity contribution in [1.29, 1.82) is 0 Å². The zero-order chi connectivity index (χ0) is 20.1. The van der Waals surface area contributed by atoms with Gasteiger partial charge in [-0.1, -0.05) is 24.3 Å². The van der Waals surface area contributed by atoms with Gasteiger partial charge in [-0.05, 0) is 47.0 Å². The number of para-hydroxylation sites is 2. The molecule has 1 aliphatic carbocycles. The molecule has 0 saturated heterocycles. The zero-order valence-electron chi connectivity index (χ0n) is 16.2. The van der Waals surface area contributed by atoms with Crippen molar-refractivity contribution in [1.82, 2.24) is 9.88 Å². The summed E-state index contributed by atoms with van der Waals surface area (Å²) < 4.78 is 1.04. The van der Waals surface area contributed by atoms with Crippen LogP contribution in [-0.4, -0.2) is 35.3 Å². The SMILES string of the molecule is CN(C(=O)C1CC1)c1ccccc1C(=O)N1CCc2[nH]c3c(Br)cccc3c2C1. The molecule has 5 nitrogen and oxygen atoms in total. The van der Waals surface area contributed by atoms with Crippen molar-refractivity contribution >= 4 is 44.3 Å². The first-order chi connectivity index (χ1) is 14.0. The van der Waals surface area contributed by atoms with E-state index in [4.69, 9.17) is 0 Å². The van der Waals surface area contributed by atoms with Gasteiger partial charge in [0.25, 0.3) is 5.91 Å². The lowest BCUT2D eigenvalue weighted by Gasteiger charge is -2.29. The molecule has 5 rings (SSSR count). The lowest BCUT2D eigenvalue weighted by molar-refractivity contribution is -0.119. The summed E-state index contributed by atoms with van der Waals surface area (Å²) in [6, 6.07) is 13.6. The summed E-state index contributed by atoms with van der Waals surface area (Å²) in [6.07, 6.45) is 2.69. The number of H-pyrrole nitrogens is 1. The minimum atomic E-state index is -0.0222. The molecule has 0 unspecified atom stereocenters. The average molecular weight is 452 g/mol. The van der Waals surface area contributed by atoms with Crippen molar-refractivity contribution in [3.63, 3.8) is 0 Å². The fraction of sp³-hybridized carbons (Fsp3) is 0.304. The quantitative estimate of drug-likeness (QED) is 0.636. The van der Waals surface area contributed by atoms with Crippen LogP contribution < -0.4 is 4.90 Å². The van der Waals surface area contributed by atoms with Crippen molar-refractivity contribution in [2.24, 2.45) is 5.92 Å². The number of anilines is 1. The van der Waals surface area contributed by atoms with Gasteiger partial charge in [0, 0.05) is 53.6 Å². The van der Waals surface area contributed by atoms with Gasteiger partial charge >= 0.3 is 0 Å². The van der Waals surface area contributed by atoms with Crippen molar-refractivity contribution in [2.75, 3.05) is 18.5 Å². The Morgan fingerprint density at radius 1 is 1.14 bits per heavy atom. The average Bonchev–Trinajstić information content (AvgIpc) is 3.53. The van der Waals surface area contributed by atoms with E-state index in [9.17, 15) is 9.59 Å². The number of nitrogens with one attached hydrogen (secondary N) is 1. The molecule has 0 spiro atoms. The van der Waals surface area contributed by atoms with E-state index >= 15 is 0 Å². The van der Waals surface area contributed by atoms with Crippen LogP contribution in [0.15, 0.2) is 46.9 Å². The number of rotatable bonds is 3. The third kappa shape index (κ3) is 3.15. The topological polar surface area (TPSA) is 56.4 Å². The lowest BCUT2D eigenvalue weighted by atomic mass is 10.0. The summed E-state index contributed by atoms with van der Waals surface area (Å²) in [5.41, 5.74) is 4.75. The summed E-state index contributed by atoms with van der Waals surface area (Å²) >= 11 is 3.61. The number of aromatic nitrogens is 1. The maximum atomic E-state index is 13.4. The Bertz CT molecular complexity index is 1130. The Morgan fingerprint density at radius 2 is 1.93 bits per heavy atom. The van der Waals surface area contributed by atoms with Crippen molar-refractivity contribution < 1.29 is 9.59 Å². The van der Waals surface area contributed by atoms with Crippen LogP contribution in [-0.2, 0) is 17.8 Å². The third-order valence-corrected chi connectivity index (χ3v) is 6.66. The second kappa shape index (κ2) is 7.02. The van der Waals surface area contributed by atoms with Crippen molar-refractivity contribution in [3.8, 4) is 0 Å². The van der Waals surface area contributed by atoms with E-state index in [0.29, 0.717) is 24.3 Å². The van der Waals surface area contributed by atoms with E-state index in [-0.39, 0.29) is 17.7 Å². The smallest absolute Gasteiger partial charge is 0.256 e. The molecule has 2 amide bonds. The second-order valence-electron chi connectivity index (χ2n) is 7.91. The molecule has 1 aromatic heterocycles. The van der Waals surface area contributed by atoms with Crippen LogP contribution in [0.5, 0.6) is 0 Å². The standard InChI is InChI=1S/C23H22BrN3O2/c1-26(22(28)14-9-10-14)20-8-3-2-5-16(20)23(29)27-12-11-19-17(13-27)15-6-4-7-18(24)21(15)25-19/h2-8,14,25H,9-13H2,1H3. The first kappa shape index (κ1) is 18.4. The first-order valence-corrected chi connectivity index (χ1v) is 10.8. The highest BCUT2D eigenvalue weighted by Gasteiger charge is 2.34. The van der Waals surface area contributed by atoms with E-state index in [1.165, 1.54) is 11.3 Å². The van der Waals surface area contributed by atoms with E-state index in [2.05, 4.69) is 27.0 Å². The van der Waals surface area contributed by atoms with E-state index < -0.39 is 0 Å². The third-order valence-electron chi connectivity index (χ3n) is 6.00. The number of hydrogen-bond donors (Lipinski definition) is 1. The molecule has 2 aromatic carbocycles. The lowest BCUT2D eigenvalue weighted by Crippen LogP contribution is -2.37. The van der Waals surface area contributed by atoms with Crippen LogP contribution >= 0.6 is 15.9 Å². The molecule has 1 saturated carbocycles. The molecule has 0 radical (unpaired) electrons. The Kier molecular flexibility index (Phi) is 4.46. The molecule has 3 aromatic rings. The molecule has 148 valence electrons. The normalized spacial score (nSPS) is 16.0. The summed E-state index contributed by atoms with van der Waals surface area (Å²) in [4.78, 5) is 33.1. The molecule has 0 atom stereocenters. The summed E-state index contributed by atoms with van der Waals surface area (Å²) in [7, 11) is 1.78. The van der Waals surface area contributed by atoms with Gasteiger partial charge in [-0.25, -0.2) is 0 Å². The number of amides is 2. The molecular formula is C23H22BrN3O2. The van der Waals surface area contributed by atoms with Crippen LogP contribution in [0.3, 0.4) is 0 Å². The van der Waals surface area contributed by atoms with Gasteiger partial charge in [0.15, 0.2) is 0 Å². The van der Waals surface area contributed by atoms with Crippen LogP contribution in [0.2, 0.25) is 0 Å². The highest BCUT2D eigenvalue weighted by molar-refractivity contribution is 9.10. The molecule has 2 heterocycles. The van der Waals surface area contributed by atoms with E-state index in [1.807, 2.05) is 41.3 Å². The molecular weight excluding hydrogens is 430 g/mol. The largest absolute Gasteiger partial charge is 0.357 e. The molecule has 0 bridgehead atoms. The summed E-state index contributed by atoms with van der Waals surface area (Å²) in [5, 5.41) is 1.15. The Balaban J connectivity index is 1.46. The van der Waals surface area contributed by atoms with E-state index in [0.717, 1.165) is 34.6 Å². The van der Waals surface area contributed by atoms with Gasteiger partial charge in [0.1, 0.15) is 0 Å². The second-order valence-corrected chi connectivity index (χ2v) is 8.76. The maximum absolute atomic E-state index is 13.4. The number of benzene rings is 2.